The maximum Gasteiger partial charge on any atom is 0.331 e. The summed E-state index contributed by atoms with van der Waals surface area (Å²) in [7, 11) is 0. The maximum atomic E-state index is 10.4. The smallest absolute Gasteiger partial charge is 0.331 e. The Morgan fingerprint density at radius 1 is 1.33 bits per heavy atom. The summed E-state index contributed by atoms with van der Waals surface area (Å²) in [4.78, 5) is 10.4. The van der Waals surface area contributed by atoms with E-state index in [-0.39, 0.29) is 5.57 Å². The van der Waals surface area contributed by atoms with Crippen LogP contribution in [0.5, 0.6) is 0 Å². The fourth-order valence-corrected chi connectivity index (χ4v) is 0.547. The van der Waals surface area contributed by atoms with Crippen molar-refractivity contribution >= 4 is 5.97 Å². The zero-order chi connectivity index (χ0) is 9.72. The van der Waals surface area contributed by atoms with Gasteiger partial charge in [0.15, 0.2) is 0 Å². The van der Waals surface area contributed by atoms with Crippen LogP contribution in [-0.2, 0) is 4.79 Å². The van der Waals surface area contributed by atoms with Gasteiger partial charge < -0.3 is 5.11 Å². The third kappa shape index (κ3) is 3.01. The molecule has 2 nitrogen and oxygen atoms in total. The van der Waals surface area contributed by atoms with Crippen LogP contribution in [-0.4, -0.2) is 11.1 Å². The summed E-state index contributed by atoms with van der Waals surface area (Å²) < 4.78 is 0. The molecule has 0 aromatic carbocycles. The van der Waals surface area contributed by atoms with Crippen LogP contribution in [0.25, 0.3) is 0 Å². The predicted molar refractivity (Wildman–Crippen MR) is 49.9 cm³/mol. The summed E-state index contributed by atoms with van der Waals surface area (Å²) in [6.45, 7) is 12.3. The van der Waals surface area contributed by atoms with Crippen molar-refractivity contribution in [3.05, 3.63) is 48.6 Å². The minimum atomic E-state index is -0.951. The highest BCUT2D eigenvalue weighted by molar-refractivity contribution is 5.86. The third-order valence-corrected chi connectivity index (χ3v) is 1.39. The van der Waals surface area contributed by atoms with E-state index in [2.05, 4.69) is 19.7 Å². The van der Waals surface area contributed by atoms with Gasteiger partial charge in [-0.25, -0.2) is 4.79 Å². The number of hydrogen-bond acceptors (Lipinski definition) is 1. The van der Waals surface area contributed by atoms with Gasteiger partial charge in [-0.05, 0) is 24.1 Å². The van der Waals surface area contributed by atoms with Crippen LogP contribution in [0.1, 0.15) is 6.92 Å². The lowest BCUT2D eigenvalue weighted by Crippen LogP contribution is -1.96. The van der Waals surface area contributed by atoms with E-state index in [0.29, 0.717) is 11.1 Å². The van der Waals surface area contributed by atoms with E-state index in [1.165, 1.54) is 19.1 Å². The average molecular weight is 164 g/mol. The summed E-state index contributed by atoms with van der Waals surface area (Å²) in [5, 5.41) is 8.52. The second-order valence-corrected chi connectivity index (χ2v) is 2.39. The molecule has 0 aliphatic rings. The van der Waals surface area contributed by atoms with Gasteiger partial charge in [0.05, 0.1) is 0 Å². The van der Waals surface area contributed by atoms with E-state index < -0.39 is 5.97 Å². The minimum absolute atomic E-state index is 0.239. The van der Waals surface area contributed by atoms with Crippen molar-refractivity contribution in [2.45, 2.75) is 6.92 Å². The minimum Gasteiger partial charge on any atom is -0.478 e. The molecule has 0 radical (unpaired) electrons. The Morgan fingerprint density at radius 2 is 1.83 bits per heavy atom. The number of rotatable bonds is 4. The molecule has 0 rings (SSSR count). The first kappa shape index (κ1) is 10.4. The summed E-state index contributed by atoms with van der Waals surface area (Å²) >= 11 is 0. The highest BCUT2D eigenvalue weighted by atomic mass is 16.4. The molecular formula is C10H12O2. The Bertz CT molecular complexity index is 270. The number of carboxylic acids is 1. The van der Waals surface area contributed by atoms with Gasteiger partial charge in [0.1, 0.15) is 0 Å². The van der Waals surface area contributed by atoms with Crippen molar-refractivity contribution in [1.82, 2.24) is 0 Å². The largest absolute Gasteiger partial charge is 0.478 e. The van der Waals surface area contributed by atoms with Gasteiger partial charge in [0.25, 0.3) is 0 Å². The Hall–Kier alpha value is -1.57. The molecule has 0 aromatic heterocycles. The zero-order valence-electron chi connectivity index (χ0n) is 7.13. The lowest BCUT2D eigenvalue weighted by Gasteiger charge is -1.98. The number of aliphatic carboxylic acids is 1. The highest BCUT2D eigenvalue weighted by Crippen LogP contribution is 2.09. The Kier molecular flexibility index (Phi) is 3.77. The number of carboxylic acid groups (broad SMARTS) is 1. The quantitative estimate of drug-likeness (QED) is 0.511. The van der Waals surface area contributed by atoms with Crippen LogP contribution in [0.4, 0.5) is 0 Å². The molecule has 0 saturated carbocycles. The van der Waals surface area contributed by atoms with Crippen LogP contribution in [0.15, 0.2) is 48.6 Å². The molecule has 0 bridgehead atoms. The molecule has 12 heavy (non-hydrogen) atoms. The first-order valence-corrected chi connectivity index (χ1v) is 3.41. The predicted octanol–water partition coefficient (Wildman–Crippen LogP) is 2.32. The monoisotopic (exact) mass is 164 g/mol. The van der Waals surface area contributed by atoms with Crippen LogP contribution in [0.2, 0.25) is 0 Å². The molecule has 0 aromatic rings. The van der Waals surface area contributed by atoms with E-state index in [9.17, 15) is 4.79 Å². The van der Waals surface area contributed by atoms with E-state index in [1.807, 2.05) is 0 Å². The molecule has 0 amide bonds. The van der Waals surface area contributed by atoms with E-state index in [1.54, 1.807) is 0 Å². The van der Waals surface area contributed by atoms with Gasteiger partial charge in [-0.2, -0.15) is 0 Å². The molecule has 0 heterocycles. The molecule has 0 aliphatic heterocycles. The molecule has 0 spiro atoms. The third-order valence-electron chi connectivity index (χ3n) is 1.39. The van der Waals surface area contributed by atoms with Crippen molar-refractivity contribution in [3.8, 4) is 0 Å². The Balaban J connectivity index is 4.55. The van der Waals surface area contributed by atoms with Crippen molar-refractivity contribution in [3.63, 3.8) is 0 Å². The summed E-state index contributed by atoms with van der Waals surface area (Å²) in [6.07, 6.45) is 3.00. The first-order chi connectivity index (χ1) is 5.49. The van der Waals surface area contributed by atoms with Gasteiger partial charge in [-0.1, -0.05) is 25.8 Å². The molecular weight excluding hydrogens is 152 g/mol. The molecule has 0 fully saturated rings. The van der Waals surface area contributed by atoms with Crippen LogP contribution < -0.4 is 0 Å². The van der Waals surface area contributed by atoms with Crippen molar-refractivity contribution < 1.29 is 9.90 Å². The molecule has 0 aliphatic carbocycles. The summed E-state index contributed by atoms with van der Waals surface area (Å²) in [6, 6.07) is 0. The van der Waals surface area contributed by atoms with Crippen molar-refractivity contribution in [2.75, 3.05) is 0 Å². The van der Waals surface area contributed by atoms with Gasteiger partial charge in [-0.15, -0.1) is 0 Å². The normalized spacial score (nSPS) is 10.6. The van der Waals surface area contributed by atoms with Crippen LogP contribution in [0.3, 0.4) is 0 Å². The van der Waals surface area contributed by atoms with Gasteiger partial charge in [-0.3, -0.25) is 0 Å². The molecule has 0 saturated heterocycles. The summed E-state index contributed by atoms with van der Waals surface area (Å²) in [5.74, 6) is -0.951. The lowest BCUT2D eigenvalue weighted by molar-refractivity contribution is -0.132. The fourth-order valence-electron chi connectivity index (χ4n) is 0.547. The second-order valence-electron chi connectivity index (χ2n) is 2.39. The average Bonchev–Trinajstić information content (AvgIpc) is 2.02. The first-order valence-electron chi connectivity index (χ1n) is 3.41. The van der Waals surface area contributed by atoms with E-state index in [4.69, 9.17) is 5.11 Å². The molecule has 64 valence electrons. The standard InChI is InChI=1S/C10H12O2/c1-5-7(2)8(3)6-9(4)10(11)12/h5-6H,1-3H2,4H3,(H,11,12). The Labute approximate surface area is 72.2 Å². The highest BCUT2D eigenvalue weighted by Gasteiger charge is 2.00. The van der Waals surface area contributed by atoms with Gasteiger partial charge >= 0.3 is 5.97 Å². The SMILES string of the molecule is C=CC(=C)C(=C)C=C(C)C(=O)O. The zero-order valence-corrected chi connectivity index (χ0v) is 7.13. The lowest BCUT2D eigenvalue weighted by atomic mass is 10.1. The molecule has 1 N–H and O–H groups in total. The number of carbonyl (C=O) groups is 1. The number of hydrogen-bond donors (Lipinski definition) is 1. The number of allylic oxidation sites excluding steroid dienone is 4. The molecule has 0 unspecified atom stereocenters. The van der Waals surface area contributed by atoms with Crippen LogP contribution >= 0.6 is 0 Å². The van der Waals surface area contributed by atoms with Crippen molar-refractivity contribution in [2.24, 2.45) is 0 Å². The fraction of sp³-hybridized carbons (Fsp3) is 0.100. The van der Waals surface area contributed by atoms with E-state index in [0.717, 1.165) is 0 Å². The van der Waals surface area contributed by atoms with E-state index >= 15 is 0 Å². The topological polar surface area (TPSA) is 37.3 Å². The van der Waals surface area contributed by atoms with Gasteiger partial charge in [0.2, 0.25) is 0 Å². The van der Waals surface area contributed by atoms with Crippen LogP contribution in [0, 0.1) is 0 Å². The van der Waals surface area contributed by atoms with Gasteiger partial charge in [0, 0.05) is 5.57 Å². The Morgan fingerprint density at radius 3 is 2.17 bits per heavy atom. The molecule has 2 heteroatoms. The molecule has 0 atom stereocenters. The van der Waals surface area contributed by atoms with Crippen molar-refractivity contribution in [1.29, 1.82) is 0 Å². The summed E-state index contributed by atoms with van der Waals surface area (Å²) in [5.41, 5.74) is 1.45. The maximum absolute atomic E-state index is 10.4. The second kappa shape index (κ2) is 4.34.